The number of aryl methyl sites for hydroxylation is 1. The summed E-state index contributed by atoms with van der Waals surface area (Å²) in [6.45, 7) is 2.76. The number of hydrogen-bond donors (Lipinski definition) is 2. The van der Waals surface area contributed by atoms with Crippen molar-refractivity contribution in [2.45, 2.75) is 38.3 Å². The summed E-state index contributed by atoms with van der Waals surface area (Å²) in [6.07, 6.45) is 2.78. The van der Waals surface area contributed by atoms with Gasteiger partial charge in [-0.25, -0.2) is 4.79 Å². The number of aromatic nitrogens is 2. The highest BCUT2D eigenvalue weighted by atomic mass is 16.4. The van der Waals surface area contributed by atoms with Gasteiger partial charge < -0.3 is 10.4 Å². The molecule has 1 fully saturated rings. The summed E-state index contributed by atoms with van der Waals surface area (Å²) < 4.78 is 1.78. The van der Waals surface area contributed by atoms with Crippen LogP contribution in [0.4, 0.5) is 0 Å². The molecule has 2 atom stereocenters. The maximum Gasteiger partial charge on any atom is 0.326 e. The van der Waals surface area contributed by atoms with E-state index in [1.807, 2.05) is 6.92 Å². The molecule has 1 aromatic rings. The number of amides is 1. The minimum absolute atomic E-state index is 0.215. The number of aliphatic carboxylic acids is 1. The molecule has 0 aromatic carbocycles. The van der Waals surface area contributed by atoms with Crippen molar-refractivity contribution in [3.8, 4) is 0 Å². The number of carboxylic acid groups (broad SMARTS) is 1. The second-order valence-corrected chi connectivity index (χ2v) is 4.17. The second kappa shape index (κ2) is 4.57. The number of nitrogens with zero attached hydrogens (tertiary/aromatic N) is 2. The van der Waals surface area contributed by atoms with Gasteiger partial charge in [-0.05, 0) is 12.5 Å². The van der Waals surface area contributed by atoms with Crippen LogP contribution >= 0.6 is 0 Å². The van der Waals surface area contributed by atoms with E-state index in [4.69, 9.17) is 5.11 Å². The first kappa shape index (κ1) is 11.6. The Kier molecular flexibility index (Phi) is 3.12. The second-order valence-electron chi connectivity index (χ2n) is 4.17. The van der Waals surface area contributed by atoms with Crippen LogP contribution in [0.2, 0.25) is 0 Å². The fourth-order valence-corrected chi connectivity index (χ4v) is 2.22. The van der Waals surface area contributed by atoms with Gasteiger partial charge in [0.1, 0.15) is 6.04 Å². The third-order valence-electron chi connectivity index (χ3n) is 2.95. The van der Waals surface area contributed by atoms with E-state index in [9.17, 15) is 9.59 Å². The highest BCUT2D eigenvalue weighted by Gasteiger charge is 2.39. The van der Waals surface area contributed by atoms with Crippen LogP contribution < -0.4 is 5.32 Å². The van der Waals surface area contributed by atoms with Gasteiger partial charge in [0.15, 0.2) is 0 Å². The monoisotopic (exact) mass is 237 g/mol. The molecule has 2 N–H and O–H groups in total. The molecule has 0 aliphatic carbocycles. The molecule has 17 heavy (non-hydrogen) atoms. The molecule has 6 heteroatoms. The molecule has 1 amide bonds. The number of carbonyl (C=O) groups excluding carboxylic acids is 1. The Labute approximate surface area is 98.6 Å². The molecule has 2 unspecified atom stereocenters. The number of hydrogen-bond acceptors (Lipinski definition) is 3. The molecule has 92 valence electrons. The minimum Gasteiger partial charge on any atom is -0.480 e. The Morgan fingerprint density at radius 1 is 1.71 bits per heavy atom. The number of nitrogens with one attached hydrogen (secondary N) is 1. The van der Waals surface area contributed by atoms with Crippen LogP contribution in [-0.4, -0.2) is 32.8 Å². The van der Waals surface area contributed by atoms with Crippen molar-refractivity contribution in [1.29, 1.82) is 0 Å². The summed E-state index contributed by atoms with van der Waals surface area (Å²) in [5.41, 5.74) is 0.817. The van der Waals surface area contributed by atoms with Crippen LogP contribution in [0.3, 0.4) is 0 Å². The average molecular weight is 237 g/mol. The summed E-state index contributed by atoms with van der Waals surface area (Å²) in [5.74, 6) is -1.54. The Morgan fingerprint density at radius 2 is 2.47 bits per heavy atom. The van der Waals surface area contributed by atoms with Crippen LogP contribution in [0.25, 0.3) is 0 Å². The first-order chi connectivity index (χ1) is 8.13. The van der Waals surface area contributed by atoms with E-state index >= 15 is 0 Å². The van der Waals surface area contributed by atoms with Crippen molar-refractivity contribution in [1.82, 2.24) is 15.1 Å². The van der Waals surface area contributed by atoms with E-state index in [-0.39, 0.29) is 18.2 Å². The molecule has 0 spiro atoms. The lowest BCUT2D eigenvalue weighted by molar-refractivity contribution is -0.140. The zero-order valence-corrected chi connectivity index (χ0v) is 9.59. The molecular formula is C11H15N3O3. The topological polar surface area (TPSA) is 84.2 Å². The van der Waals surface area contributed by atoms with Gasteiger partial charge in [0.2, 0.25) is 5.91 Å². The molecule has 2 heterocycles. The van der Waals surface area contributed by atoms with Crippen LogP contribution in [0, 0.1) is 0 Å². The van der Waals surface area contributed by atoms with Crippen molar-refractivity contribution >= 4 is 11.9 Å². The Bertz CT molecular complexity index is 441. The zero-order chi connectivity index (χ0) is 12.4. The number of carbonyl (C=O) groups is 2. The third kappa shape index (κ3) is 2.15. The molecule has 1 aliphatic rings. The molecular weight excluding hydrogens is 222 g/mol. The van der Waals surface area contributed by atoms with Gasteiger partial charge in [0, 0.05) is 30.8 Å². The number of carboxylic acids is 1. The SMILES string of the molecule is CCCn1nccc1C1CC(=O)NC1C(=O)O. The van der Waals surface area contributed by atoms with Gasteiger partial charge in [-0.2, -0.15) is 5.10 Å². The van der Waals surface area contributed by atoms with Crippen molar-refractivity contribution in [2.24, 2.45) is 0 Å². The predicted molar refractivity (Wildman–Crippen MR) is 59.4 cm³/mol. The first-order valence-corrected chi connectivity index (χ1v) is 5.67. The van der Waals surface area contributed by atoms with E-state index in [0.29, 0.717) is 0 Å². The van der Waals surface area contributed by atoms with Gasteiger partial charge in [-0.15, -0.1) is 0 Å². The Balaban J connectivity index is 2.28. The average Bonchev–Trinajstić information content (AvgIpc) is 2.84. The zero-order valence-electron chi connectivity index (χ0n) is 9.59. The first-order valence-electron chi connectivity index (χ1n) is 5.67. The molecule has 1 aromatic heterocycles. The highest BCUT2D eigenvalue weighted by Crippen LogP contribution is 2.28. The van der Waals surface area contributed by atoms with E-state index in [0.717, 1.165) is 18.7 Å². The van der Waals surface area contributed by atoms with Gasteiger partial charge in [-0.3, -0.25) is 9.48 Å². The van der Waals surface area contributed by atoms with Crippen LogP contribution in [0.1, 0.15) is 31.4 Å². The Morgan fingerprint density at radius 3 is 3.12 bits per heavy atom. The normalized spacial score (nSPS) is 23.7. The lowest BCUT2D eigenvalue weighted by atomic mass is 9.96. The summed E-state index contributed by atoms with van der Waals surface area (Å²) >= 11 is 0. The molecule has 1 aliphatic heterocycles. The molecule has 1 saturated heterocycles. The molecule has 0 radical (unpaired) electrons. The fraction of sp³-hybridized carbons (Fsp3) is 0.545. The van der Waals surface area contributed by atoms with Crippen molar-refractivity contribution < 1.29 is 14.7 Å². The minimum atomic E-state index is -0.995. The van der Waals surface area contributed by atoms with Gasteiger partial charge in [0.05, 0.1) is 0 Å². The maximum absolute atomic E-state index is 11.3. The van der Waals surface area contributed by atoms with Crippen LogP contribution in [0.15, 0.2) is 12.3 Å². The van der Waals surface area contributed by atoms with Crippen molar-refractivity contribution in [3.63, 3.8) is 0 Å². The molecule has 0 bridgehead atoms. The van der Waals surface area contributed by atoms with E-state index in [1.54, 1.807) is 16.9 Å². The molecule has 0 saturated carbocycles. The maximum atomic E-state index is 11.3. The highest BCUT2D eigenvalue weighted by molar-refractivity contribution is 5.89. The summed E-state index contributed by atoms with van der Waals surface area (Å²) in [6, 6.07) is 0.950. The Hall–Kier alpha value is -1.85. The van der Waals surface area contributed by atoms with Gasteiger partial charge in [0.25, 0.3) is 0 Å². The standard InChI is InChI=1S/C11H15N3O3/c1-2-5-14-8(3-4-12-14)7-6-9(15)13-10(7)11(16)17/h3-4,7,10H,2,5-6H2,1H3,(H,13,15)(H,16,17). The van der Waals surface area contributed by atoms with Crippen molar-refractivity contribution in [2.75, 3.05) is 0 Å². The van der Waals surface area contributed by atoms with Gasteiger partial charge in [-0.1, -0.05) is 6.92 Å². The van der Waals surface area contributed by atoms with Crippen LogP contribution in [0.5, 0.6) is 0 Å². The molecule has 2 rings (SSSR count). The predicted octanol–water partition coefficient (Wildman–Crippen LogP) is 0.350. The fourth-order valence-electron chi connectivity index (χ4n) is 2.22. The summed E-state index contributed by atoms with van der Waals surface area (Å²) in [4.78, 5) is 22.4. The van der Waals surface area contributed by atoms with Crippen LogP contribution in [-0.2, 0) is 16.1 Å². The lowest BCUT2D eigenvalue weighted by Crippen LogP contribution is -2.36. The largest absolute Gasteiger partial charge is 0.480 e. The quantitative estimate of drug-likeness (QED) is 0.791. The number of rotatable bonds is 4. The molecule has 6 nitrogen and oxygen atoms in total. The third-order valence-corrected chi connectivity index (χ3v) is 2.95. The summed E-state index contributed by atoms with van der Waals surface area (Å²) in [5, 5.41) is 15.7. The lowest BCUT2D eigenvalue weighted by Gasteiger charge is -2.16. The van der Waals surface area contributed by atoms with Crippen molar-refractivity contribution in [3.05, 3.63) is 18.0 Å². The van der Waals surface area contributed by atoms with Gasteiger partial charge >= 0.3 is 5.97 Å². The van der Waals surface area contributed by atoms with E-state index in [1.165, 1.54) is 0 Å². The van der Waals surface area contributed by atoms with E-state index in [2.05, 4.69) is 10.4 Å². The van der Waals surface area contributed by atoms with E-state index < -0.39 is 12.0 Å². The smallest absolute Gasteiger partial charge is 0.326 e. The summed E-state index contributed by atoms with van der Waals surface area (Å²) in [7, 11) is 0.